The van der Waals surface area contributed by atoms with E-state index < -0.39 is 8.38 Å². The molecular formula is C13H18N5O3P. The fraction of sp³-hybridized carbons (Fsp3) is 0.462. The molecule has 0 radical (unpaired) electrons. The van der Waals surface area contributed by atoms with Crippen molar-refractivity contribution in [2.75, 3.05) is 18.7 Å². The van der Waals surface area contributed by atoms with Crippen LogP contribution in [0.4, 0.5) is 5.82 Å². The van der Waals surface area contributed by atoms with Crippen molar-refractivity contribution >= 4 is 25.4 Å². The first kappa shape index (κ1) is 15.3. The Balaban J connectivity index is 1.65. The minimum atomic E-state index is -1.50. The number of rotatable bonds is 6. The molecule has 2 aromatic heterocycles. The fourth-order valence-corrected chi connectivity index (χ4v) is 3.13. The first-order chi connectivity index (χ1) is 10.7. The van der Waals surface area contributed by atoms with E-state index in [0.717, 1.165) is 6.42 Å². The molecule has 22 heavy (non-hydrogen) atoms. The fourth-order valence-electron chi connectivity index (χ4n) is 2.44. The number of nitrogens with two attached hydrogens (primary N) is 1. The summed E-state index contributed by atoms with van der Waals surface area (Å²) in [5, 5.41) is 0. The molecule has 3 N–H and O–H groups in total. The third-order valence-corrected chi connectivity index (χ3v) is 4.37. The minimum Gasteiger partial charge on any atom is -0.382 e. The lowest BCUT2D eigenvalue weighted by Gasteiger charge is -2.16. The van der Waals surface area contributed by atoms with Crippen LogP contribution in [-0.2, 0) is 9.26 Å². The summed E-state index contributed by atoms with van der Waals surface area (Å²) < 4.78 is 12.7. The highest BCUT2D eigenvalue weighted by molar-refractivity contribution is 7.45. The molecule has 8 nitrogen and oxygen atoms in total. The predicted molar refractivity (Wildman–Crippen MR) is 83.0 cm³/mol. The van der Waals surface area contributed by atoms with Gasteiger partial charge in [0.05, 0.1) is 25.1 Å². The predicted octanol–water partition coefficient (Wildman–Crippen LogP) is 1.59. The van der Waals surface area contributed by atoms with Gasteiger partial charge < -0.3 is 24.5 Å². The Morgan fingerprint density at radius 2 is 2.27 bits per heavy atom. The molecule has 3 rings (SSSR count). The largest absolute Gasteiger partial charge is 0.382 e. The normalized spacial score (nSPS) is 22.5. The molecule has 2 heterocycles. The van der Waals surface area contributed by atoms with Crippen molar-refractivity contribution in [3.8, 4) is 0 Å². The molecule has 0 amide bonds. The molecule has 0 bridgehead atoms. The maximum Gasteiger partial charge on any atom is 0.195 e. The van der Waals surface area contributed by atoms with Gasteiger partial charge in [-0.3, -0.25) is 0 Å². The summed E-state index contributed by atoms with van der Waals surface area (Å²) in [6.07, 6.45) is 8.09. The van der Waals surface area contributed by atoms with Gasteiger partial charge in [-0.25, -0.2) is 15.0 Å². The van der Waals surface area contributed by atoms with Crippen LogP contribution in [0.15, 0.2) is 24.8 Å². The second-order valence-corrected chi connectivity index (χ2v) is 6.10. The Labute approximate surface area is 128 Å². The zero-order valence-electron chi connectivity index (χ0n) is 12.2. The number of ether oxygens (including phenoxy) is 1. The molecule has 0 saturated carbocycles. The van der Waals surface area contributed by atoms with Crippen molar-refractivity contribution in [3.05, 3.63) is 24.8 Å². The van der Waals surface area contributed by atoms with Crippen LogP contribution in [0, 0.1) is 0 Å². The number of nitrogens with zero attached hydrogens (tertiary/aromatic N) is 4. The van der Waals surface area contributed by atoms with Crippen LogP contribution in [0.2, 0.25) is 0 Å². The van der Waals surface area contributed by atoms with E-state index in [1.165, 1.54) is 6.33 Å². The first-order valence-electron chi connectivity index (χ1n) is 7.01. The van der Waals surface area contributed by atoms with E-state index in [-0.39, 0.29) is 18.5 Å². The summed E-state index contributed by atoms with van der Waals surface area (Å²) >= 11 is 0. The number of allylic oxidation sites excluding steroid dienone is 1. The number of anilines is 1. The quantitative estimate of drug-likeness (QED) is 0.614. The van der Waals surface area contributed by atoms with Gasteiger partial charge in [0, 0.05) is 6.42 Å². The maximum absolute atomic E-state index is 9.58. The van der Waals surface area contributed by atoms with E-state index in [0.29, 0.717) is 23.6 Å². The lowest BCUT2D eigenvalue weighted by molar-refractivity contribution is 0.106. The third kappa shape index (κ3) is 3.10. The Morgan fingerprint density at radius 1 is 1.41 bits per heavy atom. The zero-order valence-corrected chi connectivity index (χ0v) is 13.1. The second kappa shape index (κ2) is 6.66. The van der Waals surface area contributed by atoms with Crippen LogP contribution in [0.1, 0.15) is 19.4 Å². The van der Waals surface area contributed by atoms with E-state index in [1.807, 2.05) is 23.6 Å². The molecule has 1 aliphatic rings. The third-order valence-electron chi connectivity index (χ3n) is 3.44. The van der Waals surface area contributed by atoms with E-state index in [9.17, 15) is 4.89 Å². The van der Waals surface area contributed by atoms with Crippen LogP contribution in [0.25, 0.3) is 11.2 Å². The molecule has 0 saturated heterocycles. The van der Waals surface area contributed by atoms with Crippen molar-refractivity contribution in [1.29, 1.82) is 0 Å². The Hall–Kier alpha value is -1.60. The van der Waals surface area contributed by atoms with Crippen LogP contribution in [0.5, 0.6) is 0 Å². The number of nitrogen functional groups attached to an aromatic ring is 1. The van der Waals surface area contributed by atoms with E-state index in [1.54, 1.807) is 6.33 Å². The number of hydrogen-bond acceptors (Lipinski definition) is 7. The van der Waals surface area contributed by atoms with Gasteiger partial charge in [0.2, 0.25) is 0 Å². The van der Waals surface area contributed by atoms with E-state index in [2.05, 4.69) is 15.0 Å². The van der Waals surface area contributed by atoms with E-state index in [4.69, 9.17) is 15.0 Å². The molecule has 3 atom stereocenters. The number of hydrogen-bond donors (Lipinski definition) is 2. The van der Waals surface area contributed by atoms with Gasteiger partial charge in [0.1, 0.15) is 18.2 Å². The Morgan fingerprint density at radius 3 is 3.09 bits per heavy atom. The van der Waals surface area contributed by atoms with Gasteiger partial charge in [0.15, 0.2) is 19.8 Å². The molecule has 3 unspecified atom stereocenters. The van der Waals surface area contributed by atoms with Gasteiger partial charge in [-0.2, -0.15) is 0 Å². The smallest absolute Gasteiger partial charge is 0.195 e. The van der Waals surface area contributed by atoms with Gasteiger partial charge in [-0.1, -0.05) is 12.2 Å². The van der Waals surface area contributed by atoms with Crippen molar-refractivity contribution in [1.82, 2.24) is 19.5 Å². The lowest BCUT2D eigenvalue weighted by Crippen LogP contribution is -2.12. The van der Waals surface area contributed by atoms with Crippen molar-refractivity contribution in [2.45, 2.75) is 25.5 Å². The zero-order chi connectivity index (χ0) is 15.5. The molecular weight excluding hydrogens is 305 g/mol. The van der Waals surface area contributed by atoms with Crippen LogP contribution in [-0.4, -0.2) is 43.5 Å². The number of fused-ring (bicyclic) bond motifs is 1. The first-order valence-corrected chi connectivity index (χ1v) is 8.41. The van der Waals surface area contributed by atoms with Crippen molar-refractivity contribution < 1.29 is 14.2 Å². The summed E-state index contributed by atoms with van der Waals surface area (Å²) in [7, 11) is -1.50. The Kier molecular flexibility index (Phi) is 4.63. The summed E-state index contributed by atoms with van der Waals surface area (Å²) in [6, 6.07) is 0.0984. The molecule has 0 aliphatic heterocycles. The molecule has 0 aromatic carbocycles. The van der Waals surface area contributed by atoms with Crippen LogP contribution >= 0.6 is 8.38 Å². The number of aromatic nitrogens is 4. The van der Waals surface area contributed by atoms with Gasteiger partial charge >= 0.3 is 0 Å². The maximum atomic E-state index is 9.58. The molecule has 2 aromatic rings. The van der Waals surface area contributed by atoms with Crippen LogP contribution in [0.3, 0.4) is 0 Å². The summed E-state index contributed by atoms with van der Waals surface area (Å²) in [6.45, 7) is 2.33. The van der Waals surface area contributed by atoms with Gasteiger partial charge in [-0.05, 0) is 6.92 Å². The molecule has 118 valence electrons. The summed E-state index contributed by atoms with van der Waals surface area (Å²) in [5.41, 5.74) is 7.11. The molecule has 1 aliphatic carbocycles. The summed E-state index contributed by atoms with van der Waals surface area (Å²) in [5.74, 6) is 0.376. The van der Waals surface area contributed by atoms with E-state index >= 15 is 0 Å². The highest BCUT2D eigenvalue weighted by Gasteiger charge is 2.24. The van der Waals surface area contributed by atoms with Gasteiger partial charge in [-0.15, -0.1) is 0 Å². The monoisotopic (exact) mass is 323 g/mol. The molecule has 0 spiro atoms. The topological polar surface area (TPSA) is 108 Å². The molecule has 9 heteroatoms. The van der Waals surface area contributed by atoms with Crippen LogP contribution < -0.4 is 5.73 Å². The highest BCUT2D eigenvalue weighted by Crippen LogP contribution is 2.34. The summed E-state index contributed by atoms with van der Waals surface area (Å²) in [4.78, 5) is 22.0. The second-order valence-electron chi connectivity index (χ2n) is 4.88. The Bertz CT molecular complexity index is 677. The molecule has 0 fully saturated rings. The lowest BCUT2D eigenvalue weighted by atomic mass is 10.2. The number of imidazole rings is 1. The van der Waals surface area contributed by atoms with Crippen molar-refractivity contribution in [2.24, 2.45) is 0 Å². The SMILES string of the molecule is CCOP(O)COC1C=CC(n2cnc3c(N)ncnc32)C1. The average Bonchev–Trinajstić information content (AvgIpc) is 3.12. The highest BCUT2D eigenvalue weighted by atomic mass is 31.2. The standard InChI is InChI=1S/C13H18N5O3P/c1-2-21-22(19)8-20-10-4-3-9(5-10)18-7-17-11-12(14)15-6-16-13(11)18/h3-4,6-7,9-10,19H,2,5,8H2,1H3,(H2,14,15,16). The average molecular weight is 323 g/mol. The van der Waals surface area contributed by atoms with Gasteiger partial charge in [0.25, 0.3) is 0 Å². The minimum absolute atomic E-state index is 0.0563. The van der Waals surface area contributed by atoms with Crippen molar-refractivity contribution in [3.63, 3.8) is 0 Å².